The standard InChI is InChI=1S/C12H13ClS.C11H9Cl2FS.3C11H9ClF2S.3C11H10ClFS/c1-7(2)12-11(13)10-8(3)5-4-6-9(10)14-12;1-5(2)11-9(13)8-7(15-11)4-3-6(12)10(8)14;1-5(2)10-9(12)7-3-6(13)4-8(14)11(7)15-10;1-5(2)11-9(12)8-7(15-11)4-3-6(13)10(8)14;1-5(2)10-9(12)8-6(13)3-4-7(14)11(8)15-10;1-6(2)11-10(12)8-5-7(13)3-4-9(8)14-11;1-6(2)10-9(12)7-4-3-5-8(13)11(7)14-10;1-6(2)11-10(12)9-7(13)4-3-5-8(9)14-11/h4-7H,1-3H3;4*3-5H,1-2H3;3*3-6H,1-2H3. The van der Waals surface area contributed by atoms with Crippen LogP contribution in [0.25, 0.3) is 80.7 Å². The van der Waals surface area contributed by atoms with E-state index in [1.165, 1.54) is 108 Å². The molecule has 0 unspecified atom stereocenters. The maximum atomic E-state index is 13.7. The summed E-state index contributed by atoms with van der Waals surface area (Å²) in [7, 11) is 0. The highest BCUT2D eigenvalue weighted by Gasteiger charge is 2.25. The second-order valence-corrected chi connectivity index (χ2v) is 41.3. The highest BCUT2D eigenvalue weighted by atomic mass is 35.5. The maximum absolute atomic E-state index is 13.7. The molecule has 0 aliphatic carbocycles. The molecule has 0 saturated heterocycles. The van der Waals surface area contributed by atoms with Crippen molar-refractivity contribution in [3.63, 3.8) is 0 Å². The van der Waals surface area contributed by atoms with E-state index in [9.17, 15) is 43.9 Å². The molecule has 116 heavy (non-hydrogen) atoms. The Balaban J connectivity index is 0.000000152. The molecule has 0 bridgehead atoms. The van der Waals surface area contributed by atoms with E-state index >= 15 is 0 Å². The van der Waals surface area contributed by atoms with Crippen molar-refractivity contribution >= 4 is 276 Å². The molecule has 27 heteroatoms. The average Bonchev–Trinajstić information content (AvgIpc) is 1.63. The third-order valence-corrected chi connectivity index (χ3v) is 34.0. The number of benzene rings is 8. The largest absolute Gasteiger partial charge is 0.207 e. The maximum Gasteiger partial charge on any atom is 0.168 e. The molecule has 0 saturated carbocycles. The topological polar surface area (TPSA) is 0 Å². The summed E-state index contributed by atoms with van der Waals surface area (Å²) in [5, 5.41) is 9.59. The van der Waals surface area contributed by atoms with Gasteiger partial charge >= 0.3 is 0 Å². The molecule has 0 fully saturated rings. The first kappa shape index (κ1) is 95.2. The lowest BCUT2D eigenvalue weighted by molar-refractivity contribution is 0.517. The molecule has 0 radical (unpaired) electrons. The summed E-state index contributed by atoms with van der Waals surface area (Å²) in [6.45, 7) is 34.8. The van der Waals surface area contributed by atoms with E-state index < -0.39 is 40.7 Å². The van der Waals surface area contributed by atoms with Crippen molar-refractivity contribution in [2.75, 3.05) is 0 Å². The van der Waals surface area contributed by atoms with Gasteiger partial charge in [0.25, 0.3) is 0 Å². The van der Waals surface area contributed by atoms with Gasteiger partial charge in [-0.15, -0.1) is 90.7 Å². The van der Waals surface area contributed by atoms with Crippen LogP contribution in [0.2, 0.25) is 45.2 Å². The number of fused-ring (bicyclic) bond motifs is 8. The zero-order valence-electron chi connectivity index (χ0n) is 65.6. The van der Waals surface area contributed by atoms with Crippen LogP contribution in [0.1, 0.15) is 203 Å². The molecule has 0 nitrogen and oxygen atoms in total. The van der Waals surface area contributed by atoms with Gasteiger partial charge in [0, 0.05) is 101 Å². The molecular formula is C89H79Cl9F10S8. The molecule has 8 aromatic carbocycles. The molecule has 0 amide bonds. The number of hydrogen-bond donors (Lipinski definition) is 0. The van der Waals surface area contributed by atoms with Gasteiger partial charge in [0.2, 0.25) is 0 Å². The lowest BCUT2D eigenvalue weighted by Gasteiger charge is -2.00. The predicted octanol–water partition coefficient (Wildman–Crippen LogP) is 39.8. The normalized spacial score (nSPS) is 11.6. The van der Waals surface area contributed by atoms with Crippen LogP contribution in [0.3, 0.4) is 0 Å². The molecule has 16 aromatic rings. The summed E-state index contributed by atoms with van der Waals surface area (Å²) >= 11 is 66.8. The van der Waals surface area contributed by atoms with Crippen LogP contribution >= 0.6 is 195 Å². The minimum absolute atomic E-state index is 0.123. The number of thiophene rings is 8. The third kappa shape index (κ3) is 21.3. The number of halogens is 19. The van der Waals surface area contributed by atoms with E-state index in [0.29, 0.717) is 99.7 Å². The molecule has 0 aliphatic heterocycles. The summed E-state index contributed by atoms with van der Waals surface area (Å²) in [5.74, 6) is -2.23. The minimum atomic E-state index is -0.850. The van der Waals surface area contributed by atoms with E-state index in [1.54, 1.807) is 53.0 Å². The Bertz CT molecular complexity index is 5980. The van der Waals surface area contributed by atoms with Crippen LogP contribution in [-0.2, 0) is 0 Å². The monoisotopic (exact) mass is 1910 g/mol. The fourth-order valence-corrected chi connectivity index (χ4v) is 25.5. The minimum Gasteiger partial charge on any atom is -0.207 e. The first-order valence-electron chi connectivity index (χ1n) is 36.5. The van der Waals surface area contributed by atoms with Crippen molar-refractivity contribution in [2.24, 2.45) is 0 Å². The van der Waals surface area contributed by atoms with Crippen molar-refractivity contribution in [3.05, 3.63) is 269 Å². The SMILES string of the molecule is CC(C)c1sc2c(F)cc(F)cc2c1Cl.CC(C)c1sc2c(F)ccc(F)c2c1Cl.CC(C)c1sc2c(F)cccc2c1Cl.CC(C)c1sc2ccc(Cl)c(F)c2c1Cl.CC(C)c1sc2ccc(F)c(F)c2c1Cl.CC(C)c1sc2ccc(F)cc2c1Cl.CC(C)c1sc2cccc(F)c2c1Cl.Cc1cccc2sc(C(C)C)c(Cl)c12. The zero-order valence-corrected chi connectivity index (χ0v) is 78.9. The highest BCUT2D eigenvalue weighted by Crippen LogP contribution is 2.49. The van der Waals surface area contributed by atoms with E-state index in [4.69, 9.17) is 104 Å². The van der Waals surface area contributed by atoms with Gasteiger partial charge in [-0.2, -0.15) is 0 Å². The van der Waals surface area contributed by atoms with Crippen LogP contribution in [0.5, 0.6) is 0 Å². The van der Waals surface area contributed by atoms with E-state index in [2.05, 4.69) is 80.5 Å². The molecule has 0 N–H and O–H groups in total. The Labute approximate surface area is 746 Å². The van der Waals surface area contributed by atoms with E-state index in [0.717, 1.165) is 88.3 Å². The van der Waals surface area contributed by atoms with Gasteiger partial charge in [-0.25, -0.2) is 43.9 Å². The van der Waals surface area contributed by atoms with Crippen molar-refractivity contribution in [1.82, 2.24) is 0 Å². The number of rotatable bonds is 8. The fraction of sp³-hybridized carbons (Fsp3) is 0.281. The van der Waals surface area contributed by atoms with Crippen molar-refractivity contribution in [2.45, 2.75) is 165 Å². The lowest BCUT2D eigenvalue weighted by Crippen LogP contribution is -1.84. The molecule has 8 heterocycles. The Hall–Kier alpha value is -4.65. The van der Waals surface area contributed by atoms with Gasteiger partial charge in [-0.1, -0.05) is 246 Å². The summed E-state index contributed by atoms with van der Waals surface area (Å²) in [4.78, 5) is 8.19. The van der Waals surface area contributed by atoms with Crippen molar-refractivity contribution in [1.29, 1.82) is 0 Å². The van der Waals surface area contributed by atoms with Crippen molar-refractivity contribution < 1.29 is 43.9 Å². The molecule has 0 atom stereocenters. The molecule has 0 aliphatic rings. The van der Waals surface area contributed by atoms with Gasteiger partial charge in [0.15, 0.2) is 17.5 Å². The van der Waals surface area contributed by atoms with Gasteiger partial charge < -0.3 is 0 Å². The fourth-order valence-electron chi connectivity index (χ4n) is 11.9. The zero-order chi connectivity index (χ0) is 85.8. The quantitative estimate of drug-likeness (QED) is 0.133. The summed E-state index contributed by atoms with van der Waals surface area (Å²) < 4.78 is 140. The summed E-state index contributed by atoms with van der Waals surface area (Å²) in [6, 6.07) is 31.7. The summed E-state index contributed by atoms with van der Waals surface area (Å²) in [5.41, 5.74) is 1.27. The second kappa shape index (κ2) is 41.0. The first-order chi connectivity index (χ1) is 54.5. The molecule has 0 spiro atoms. The predicted molar refractivity (Wildman–Crippen MR) is 497 cm³/mol. The van der Waals surface area contributed by atoms with Gasteiger partial charge in [0.05, 0.1) is 70.1 Å². The van der Waals surface area contributed by atoms with Gasteiger partial charge in [0.1, 0.15) is 40.7 Å². The smallest absolute Gasteiger partial charge is 0.168 e. The Morgan fingerprint density at radius 3 is 1.05 bits per heavy atom. The molecule has 16 rings (SSSR count). The van der Waals surface area contributed by atoms with E-state index in [1.807, 2.05) is 84.9 Å². The van der Waals surface area contributed by atoms with Crippen LogP contribution in [0.15, 0.2) is 121 Å². The number of hydrogen-bond acceptors (Lipinski definition) is 8. The Morgan fingerprint density at radius 1 is 0.233 bits per heavy atom. The van der Waals surface area contributed by atoms with Crippen LogP contribution in [0, 0.1) is 65.1 Å². The van der Waals surface area contributed by atoms with Crippen LogP contribution in [-0.4, -0.2) is 0 Å². The lowest BCUT2D eigenvalue weighted by atomic mass is 10.1. The van der Waals surface area contributed by atoms with Crippen LogP contribution in [0.4, 0.5) is 43.9 Å². The average molecular weight is 1910 g/mol. The second-order valence-electron chi connectivity index (χ2n) is 29.3. The highest BCUT2D eigenvalue weighted by molar-refractivity contribution is 7.22. The van der Waals surface area contributed by atoms with E-state index in [-0.39, 0.29) is 51.0 Å². The van der Waals surface area contributed by atoms with Crippen molar-refractivity contribution in [3.8, 4) is 0 Å². The summed E-state index contributed by atoms with van der Waals surface area (Å²) in [6.07, 6.45) is 0. The Morgan fingerprint density at radius 2 is 0.560 bits per heavy atom. The van der Waals surface area contributed by atoms with Gasteiger partial charge in [-0.3, -0.25) is 0 Å². The molecule has 616 valence electrons. The molecular weight excluding hydrogens is 1830 g/mol. The van der Waals surface area contributed by atoms with Gasteiger partial charge in [-0.05, 0) is 145 Å². The first-order valence-corrected chi connectivity index (χ1v) is 46.4. The third-order valence-electron chi connectivity index (χ3n) is 17.8. The number of aryl methyl sites for hydroxylation is 1. The van der Waals surface area contributed by atoms with Crippen LogP contribution < -0.4 is 0 Å². The molecule has 8 aromatic heterocycles. The Kier molecular flexibility index (Phi) is 33.7.